The Morgan fingerprint density at radius 3 is 2.07 bits per heavy atom. The monoisotopic (exact) mass is 381 g/mol. The van der Waals surface area contributed by atoms with Crippen molar-refractivity contribution >= 4 is 23.0 Å². The van der Waals surface area contributed by atoms with E-state index in [9.17, 15) is 0 Å². The molecule has 4 heteroatoms. The van der Waals surface area contributed by atoms with E-state index in [1.165, 1.54) is 22.3 Å². The van der Waals surface area contributed by atoms with E-state index >= 15 is 0 Å². The minimum Gasteiger partial charge on any atom is -0.399 e. The summed E-state index contributed by atoms with van der Waals surface area (Å²) in [4.78, 5) is 4.27. The van der Waals surface area contributed by atoms with Crippen LogP contribution in [0.15, 0.2) is 54.7 Å². The third-order valence-electron chi connectivity index (χ3n) is 4.54. The Hall–Kier alpha value is -2.52. The van der Waals surface area contributed by atoms with E-state index in [2.05, 4.69) is 56.2 Å². The zero-order valence-corrected chi connectivity index (χ0v) is 17.3. The molecule has 3 N–H and O–H groups in total. The summed E-state index contributed by atoms with van der Waals surface area (Å²) in [5.41, 5.74) is 13.8. The number of aryl methyl sites for hydroxylation is 4. The van der Waals surface area contributed by atoms with Crippen LogP contribution in [0.3, 0.4) is 0 Å². The smallest absolute Gasteiger partial charge is 0.0589 e. The maximum absolute atomic E-state index is 5.80. The number of hydrogen-bond donors (Lipinski definition) is 2. The number of nitrogens with one attached hydrogen (secondary N) is 1. The fourth-order valence-corrected chi connectivity index (χ4v) is 2.62. The zero-order valence-electron chi connectivity index (χ0n) is 16.5. The molecule has 3 aromatic rings. The van der Waals surface area contributed by atoms with Gasteiger partial charge in [-0.1, -0.05) is 23.7 Å². The molecule has 0 amide bonds. The van der Waals surface area contributed by atoms with Gasteiger partial charge in [0.25, 0.3) is 0 Å². The molecule has 0 saturated heterocycles. The molecule has 1 heterocycles. The van der Waals surface area contributed by atoms with Crippen LogP contribution >= 0.6 is 11.6 Å². The average Bonchev–Trinajstić information content (AvgIpc) is 2.64. The van der Waals surface area contributed by atoms with Gasteiger partial charge in [-0.3, -0.25) is 4.98 Å². The van der Waals surface area contributed by atoms with E-state index in [-0.39, 0.29) is 0 Å². The predicted octanol–water partition coefficient (Wildman–Crippen LogP) is 5.89. The van der Waals surface area contributed by atoms with Crippen molar-refractivity contribution in [2.45, 2.75) is 34.1 Å². The average molecular weight is 382 g/mol. The lowest BCUT2D eigenvalue weighted by Gasteiger charge is -2.08. The zero-order chi connectivity index (χ0) is 19.8. The van der Waals surface area contributed by atoms with Crippen LogP contribution in [0.1, 0.15) is 27.9 Å². The molecule has 142 valence electrons. The summed E-state index contributed by atoms with van der Waals surface area (Å²) >= 11 is 5.80. The topological polar surface area (TPSA) is 50.9 Å². The van der Waals surface area contributed by atoms with Crippen LogP contribution in [0, 0.1) is 27.7 Å². The number of nitrogen functional groups attached to an aromatic ring is 1. The fourth-order valence-electron chi connectivity index (χ4n) is 2.51. The molecule has 2 aromatic carbocycles. The lowest BCUT2D eigenvalue weighted by atomic mass is 10.1. The molecule has 3 rings (SSSR count). The SMILES string of the molecule is Cc1ccc(N)cc1C.Cc1ccc(NCCc2ccc(Cl)cn2)cc1C. The lowest BCUT2D eigenvalue weighted by Crippen LogP contribution is -2.06. The molecule has 0 spiro atoms. The summed E-state index contributed by atoms with van der Waals surface area (Å²) in [6.45, 7) is 9.26. The summed E-state index contributed by atoms with van der Waals surface area (Å²) in [7, 11) is 0. The molecule has 0 atom stereocenters. The third kappa shape index (κ3) is 6.95. The van der Waals surface area contributed by atoms with Gasteiger partial charge in [-0.05, 0) is 86.3 Å². The van der Waals surface area contributed by atoms with Crippen LogP contribution < -0.4 is 11.1 Å². The summed E-state index contributed by atoms with van der Waals surface area (Å²) in [6, 6.07) is 16.2. The van der Waals surface area contributed by atoms with E-state index in [1.807, 2.05) is 30.3 Å². The number of halogens is 1. The molecule has 1 aromatic heterocycles. The summed E-state index contributed by atoms with van der Waals surface area (Å²) in [5, 5.41) is 4.08. The normalized spacial score (nSPS) is 10.1. The first-order chi connectivity index (χ1) is 12.8. The fraction of sp³-hybridized carbons (Fsp3) is 0.261. The van der Waals surface area contributed by atoms with Gasteiger partial charge in [0.05, 0.1) is 5.02 Å². The van der Waals surface area contributed by atoms with Crippen molar-refractivity contribution in [3.8, 4) is 0 Å². The molecule has 3 nitrogen and oxygen atoms in total. The highest BCUT2D eigenvalue weighted by molar-refractivity contribution is 6.30. The molecule has 0 aliphatic carbocycles. The number of benzene rings is 2. The Labute approximate surface area is 167 Å². The molecule has 0 aliphatic heterocycles. The van der Waals surface area contributed by atoms with Crippen molar-refractivity contribution in [3.05, 3.63) is 87.7 Å². The van der Waals surface area contributed by atoms with E-state index in [0.29, 0.717) is 5.02 Å². The highest BCUT2D eigenvalue weighted by Crippen LogP contribution is 2.14. The Bertz CT molecular complexity index is 873. The number of nitrogens with zero attached hydrogens (tertiary/aromatic N) is 1. The summed E-state index contributed by atoms with van der Waals surface area (Å²) < 4.78 is 0. The van der Waals surface area contributed by atoms with Gasteiger partial charge in [0, 0.05) is 36.2 Å². The summed E-state index contributed by atoms with van der Waals surface area (Å²) in [6.07, 6.45) is 2.58. The molecular formula is C23H28ClN3. The quantitative estimate of drug-likeness (QED) is 0.554. The van der Waals surface area contributed by atoms with Gasteiger partial charge in [0.1, 0.15) is 0 Å². The molecule has 0 aliphatic rings. The first kappa shape index (κ1) is 20.8. The Kier molecular flexibility index (Phi) is 7.68. The van der Waals surface area contributed by atoms with Gasteiger partial charge in [-0.2, -0.15) is 0 Å². The van der Waals surface area contributed by atoms with Crippen LogP contribution in [0.2, 0.25) is 5.02 Å². The summed E-state index contributed by atoms with van der Waals surface area (Å²) in [5.74, 6) is 0. The number of pyridine rings is 1. The second-order valence-electron chi connectivity index (χ2n) is 6.79. The third-order valence-corrected chi connectivity index (χ3v) is 4.76. The number of rotatable bonds is 4. The predicted molar refractivity (Wildman–Crippen MR) is 118 cm³/mol. The number of nitrogens with two attached hydrogens (primary N) is 1. The molecule has 0 unspecified atom stereocenters. The Balaban J connectivity index is 0.000000244. The number of hydrogen-bond acceptors (Lipinski definition) is 3. The van der Waals surface area contributed by atoms with Crippen LogP contribution in [-0.2, 0) is 6.42 Å². The highest BCUT2D eigenvalue weighted by atomic mass is 35.5. The van der Waals surface area contributed by atoms with Crippen molar-refractivity contribution in [3.63, 3.8) is 0 Å². The minimum absolute atomic E-state index is 0.681. The van der Waals surface area contributed by atoms with Crippen molar-refractivity contribution in [1.82, 2.24) is 4.98 Å². The van der Waals surface area contributed by atoms with Crippen molar-refractivity contribution < 1.29 is 0 Å². The second-order valence-corrected chi connectivity index (χ2v) is 7.22. The van der Waals surface area contributed by atoms with Gasteiger partial charge in [0.2, 0.25) is 0 Å². The standard InChI is InChI=1S/C15H17ClN2.C8H11N/c1-11-3-5-15(9-12(11)2)17-8-7-14-6-4-13(16)10-18-14;1-6-3-4-8(9)5-7(6)2/h3-6,9-10,17H,7-8H2,1-2H3;3-5H,9H2,1-2H3. The van der Waals surface area contributed by atoms with Crippen LogP contribution in [0.4, 0.5) is 11.4 Å². The van der Waals surface area contributed by atoms with E-state index in [0.717, 1.165) is 30.0 Å². The molecule has 0 bridgehead atoms. The van der Waals surface area contributed by atoms with E-state index in [4.69, 9.17) is 17.3 Å². The van der Waals surface area contributed by atoms with Gasteiger partial charge >= 0.3 is 0 Å². The van der Waals surface area contributed by atoms with Crippen LogP contribution in [0.5, 0.6) is 0 Å². The molecule has 0 saturated carbocycles. The van der Waals surface area contributed by atoms with Crippen LogP contribution in [-0.4, -0.2) is 11.5 Å². The minimum atomic E-state index is 0.681. The van der Waals surface area contributed by atoms with Crippen molar-refractivity contribution in [2.75, 3.05) is 17.6 Å². The highest BCUT2D eigenvalue weighted by Gasteiger charge is 1.98. The Morgan fingerprint density at radius 2 is 1.52 bits per heavy atom. The van der Waals surface area contributed by atoms with Gasteiger partial charge in [-0.25, -0.2) is 0 Å². The first-order valence-electron chi connectivity index (χ1n) is 9.09. The lowest BCUT2D eigenvalue weighted by molar-refractivity contribution is 0.961. The van der Waals surface area contributed by atoms with E-state index < -0.39 is 0 Å². The first-order valence-corrected chi connectivity index (χ1v) is 9.47. The molecule has 27 heavy (non-hydrogen) atoms. The maximum atomic E-state index is 5.80. The van der Waals surface area contributed by atoms with Crippen molar-refractivity contribution in [1.29, 1.82) is 0 Å². The van der Waals surface area contributed by atoms with Crippen molar-refractivity contribution in [2.24, 2.45) is 0 Å². The number of aromatic nitrogens is 1. The Morgan fingerprint density at radius 1 is 0.852 bits per heavy atom. The molecular weight excluding hydrogens is 354 g/mol. The molecule has 0 fully saturated rings. The maximum Gasteiger partial charge on any atom is 0.0589 e. The van der Waals surface area contributed by atoms with Gasteiger partial charge in [-0.15, -0.1) is 0 Å². The molecule has 0 radical (unpaired) electrons. The number of anilines is 2. The largest absolute Gasteiger partial charge is 0.399 e. The van der Waals surface area contributed by atoms with Gasteiger partial charge in [0.15, 0.2) is 0 Å². The van der Waals surface area contributed by atoms with Gasteiger partial charge < -0.3 is 11.1 Å². The van der Waals surface area contributed by atoms with Crippen LogP contribution in [0.25, 0.3) is 0 Å². The second kappa shape index (κ2) is 9.98. The van der Waals surface area contributed by atoms with E-state index in [1.54, 1.807) is 6.20 Å².